The second-order valence-electron chi connectivity index (χ2n) is 5.08. The first-order chi connectivity index (χ1) is 8.31. The van der Waals surface area contributed by atoms with E-state index in [2.05, 4.69) is 12.2 Å². The van der Waals surface area contributed by atoms with Crippen LogP contribution in [0.3, 0.4) is 0 Å². The normalized spacial score (nSPS) is 12.9. The predicted octanol–water partition coefficient (Wildman–Crippen LogP) is 3.88. The maximum atomic E-state index is 9.37. The van der Waals surface area contributed by atoms with Crippen LogP contribution in [0.1, 0.15) is 78.1 Å². The lowest BCUT2D eigenvalue weighted by Crippen LogP contribution is -2.18. The predicted molar refractivity (Wildman–Crippen MR) is 76.4 cm³/mol. The monoisotopic (exact) mass is 243 g/mol. The van der Waals surface area contributed by atoms with E-state index in [1.165, 1.54) is 44.9 Å². The van der Waals surface area contributed by atoms with E-state index in [0.717, 1.165) is 32.4 Å². The molecule has 1 unspecified atom stereocenters. The second kappa shape index (κ2) is 14.0. The molecule has 1 atom stereocenters. The van der Waals surface area contributed by atoms with Crippen molar-refractivity contribution in [2.45, 2.75) is 84.2 Å². The molecule has 0 saturated carbocycles. The molecule has 2 N–H and O–H groups in total. The first kappa shape index (κ1) is 16.9. The first-order valence-corrected chi connectivity index (χ1v) is 7.70. The van der Waals surface area contributed by atoms with E-state index in [1.54, 1.807) is 0 Å². The minimum atomic E-state index is -0.0876. The molecule has 0 aromatic heterocycles. The van der Waals surface area contributed by atoms with Crippen LogP contribution in [0.5, 0.6) is 0 Å². The summed E-state index contributed by atoms with van der Waals surface area (Å²) in [7, 11) is 0. The average molecular weight is 243 g/mol. The van der Waals surface area contributed by atoms with Crippen molar-refractivity contribution >= 4 is 0 Å². The first-order valence-electron chi connectivity index (χ1n) is 7.70. The number of rotatable bonds is 13. The van der Waals surface area contributed by atoms with Crippen molar-refractivity contribution in [3.63, 3.8) is 0 Å². The highest BCUT2D eigenvalue weighted by Crippen LogP contribution is 2.06. The van der Waals surface area contributed by atoms with Gasteiger partial charge < -0.3 is 10.4 Å². The molecule has 0 fully saturated rings. The Morgan fingerprint density at radius 1 is 0.824 bits per heavy atom. The van der Waals surface area contributed by atoms with Crippen molar-refractivity contribution in [3.05, 3.63) is 0 Å². The van der Waals surface area contributed by atoms with Crippen molar-refractivity contribution in [3.8, 4) is 0 Å². The van der Waals surface area contributed by atoms with Crippen LogP contribution < -0.4 is 5.32 Å². The summed E-state index contributed by atoms with van der Waals surface area (Å²) in [5.41, 5.74) is 0. The van der Waals surface area contributed by atoms with Gasteiger partial charge in [0, 0.05) is 0 Å². The molecular formula is C15H33NO. The van der Waals surface area contributed by atoms with Crippen LogP contribution in [0, 0.1) is 0 Å². The van der Waals surface area contributed by atoms with E-state index in [4.69, 9.17) is 0 Å². The van der Waals surface area contributed by atoms with Crippen LogP contribution in [0.4, 0.5) is 0 Å². The Bertz CT molecular complexity index is 139. The van der Waals surface area contributed by atoms with Gasteiger partial charge in [-0.3, -0.25) is 0 Å². The van der Waals surface area contributed by atoms with Crippen molar-refractivity contribution in [2.24, 2.45) is 0 Å². The SMILES string of the molecule is CCCCCCCCCNCCCC(O)CC. The lowest BCUT2D eigenvalue weighted by atomic mass is 10.1. The molecule has 0 rings (SSSR count). The van der Waals surface area contributed by atoms with Gasteiger partial charge in [-0.05, 0) is 38.8 Å². The molecule has 0 bridgehead atoms. The molecule has 0 spiro atoms. The Hall–Kier alpha value is -0.0800. The van der Waals surface area contributed by atoms with Crippen molar-refractivity contribution in [1.29, 1.82) is 0 Å². The summed E-state index contributed by atoms with van der Waals surface area (Å²) in [6.45, 7) is 6.51. The van der Waals surface area contributed by atoms with E-state index >= 15 is 0 Å². The highest BCUT2D eigenvalue weighted by atomic mass is 16.3. The van der Waals surface area contributed by atoms with Crippen LogP contribution in [-0.2, 0) is 0 Å². The maximum absolute atomic E-state index is 9.37. The third kappa shape index (κ3) is 13.9. The number of unbranched alkanes of at least 4 members (excludes halogenated alkanes) is 6. The molecule has 2 heteroatoms. The third-order valence-corrected chi connectivity index (χ3v) is 3.32. The molecule has 0 aromatic rings. The topological polar surface area (TPSA) is 32.3 Å². The van der Waals surface area contributed by atoms with Crippen LogP contribution in [0.15, 0.2) is 0 Å². The summed E-state index contributed by atoms with van der Waals surface area (Å²) in [6.07, 6.45) is 12.5. The Morgan fingerprint density at radius 2 is 1.41 bits per heavy atom. The summed E-state index contributed by atoms with van der Waals surface area (Å²) in [6, 6.07) is 0. The van der Waals surface area contributed by atoms with E-state index in [1.807, 2.05) is 6.92 Å². The highest BCUT2D eigenvalue weighted by Gasteiger charge is 1.98. The van der Waals surface area contributed by atoms with Crippen LogP contribution in [0.2, 0.25) is 0 Å². The molecule has 0 radical (unpaired) electrons. The summed E-state index contributed by atoms with van der Waals surface area (Å²) in [4.78, 5) is 0. The number of hydrogen-bond acceptors (Lipinski definition) is 2. The standard InChI is InChI=1S/C15H33NO/c1-3-5-6-7-8-9-10-13-16-14-11-12-15(17)4-2/h15-17H,3-14H2,1-2H3. The van der Waals surface area contributed by atoms with Gasteiger partial charge in [0.15, 0.2) is 0 Å². The number of nitrogens with one attached hydrogen (secondary N) is 1. The van der Waals surface area contributed by atoms with Gasteiger partial charge in [-0.25, -0.2) is 0 Å². The lowest BCUT2D eigenvalue weighted by molar-refractivity contribution is 0.157. The Labute approximate surface area is 108 Å². The lowest BCUT2D eigenvalue weighted by Gasteiger charge is -2.08. The molecular weight excluding hydrogens is 210 g/mol. The molecule has 104 valence electrons. The van der Waals surface area contributed by atoms with Crippen LogP contribution in [-0.4, -0.2) is 24.3 Å². The summed E-state index contributed by atoms with van der Waals surface area (Å²) in [5.74, 6) is 0. The minimum Gasteiger partial charge on any atom is -0.393 e. The fraction of sp³-hybridized carbons (Fsp3) is 1.00. The summed E-state index contributed by atoms with van der Waals surface area (Å²) >= 11 is 0. The number of aliphatic hydroxyl groups excluding tert-OH is 1. The zero-order valence-corrected chi connectivity index (χ0v) is 12.0. The molecule has 2 nitrogen and oxygen atoms in total. The molecule has 0 aliphatic heterocycles. The van der Waals surface area contributed by atoms with Crippen LogP contribution >= 0.6 is 0 Å². The maximum Gasteiger partial charge on any atom is 0.0538 e. The summed E-state index contributed by atoms with van der Waals surface area (Å²) in [5, 5.41) is 12.8. The van der Waals surface area contributed by atoms with E-state index < -0.39 is 0 Å². The van der Waals surface area contributed by atoms with Gasteiger partial charge >= 0.3 is 0 Å². The fourth-order valence-corrected chi connectivity index (χ4v) is 2.00. The molecule has 17 heavy (non-hydrogen) atoms. The smallest absolute Gasteiger partial charge is 0.0538 e. The van der Waals surface area contributed by atoms with Gasteiger partial charge in [0.2, 0.25) is 0 Å². The van der Waals surface area contributed by atoms with Gasteiger partial charge in [-0.15, -0.1) is 0 Å². The van der Waals surface area contributed by atoms with E-state index in [9.17, 15) is 5.11 Å². The summed E-state index contributed by atoms with van der Waals surface area (Å²) < 4.78 is 0. The second-order valence-corrected chi connectivity index (χ2v) is 5.08. The minimum absolute atomic E-state index is 0.0876. The molecule has 0 heterocycles. The van der Waals surface area contributed by atoms with Gasteiger partial charge in [0.05, 0.1) is 6.10 Å². The van der Waals surface area contributed by atoms with Crippen molar-refractivity contribution in [1.82, 2.24) is 5.32 Å². The Morgan fingerprint density at radius 3 is 2.06 bits per heavy atom. The van der Waals surface area contributed by atoms with Crippen molar-refractivity contribution in [2.75, 3.05) is 13.1 Å². The molecule has 0 aliphatic carbocycles. The van der Waals surface area contributed by atoms with Gasteiger partial charge in [0.25, 0.3) is 0 Å². The molecule has 0 amide bonds. The van der Waals surface area contributed by atoms with E-state index in [0.29, 0.717) is 0 Å². The largest absolute Gasteiger partial charge is 0.393 e. The third-order valence-electron chi connectivity index (χ3n) is 3.32. The van der Waals surface area contributed by atoms with E-state index in [-0.39, 0.29) is 6.10 Å². The van der Waals surface area contributed by atoms with Gasteiger partial charge in [0.1, 0.15) is 0 Å². The quantitative estimate of drug-likeness (QED) is 0.481. The zero-order chi connectivity index (χ0) is 12.8. The molecule has 0 saturated heterocycles. The Kier molecular flexibility index (Phi) is 13.9. The number of aliphatic hydroxyl groups is 1. The number of hydrogen-bond donors (Lipinski definition) is 2. The highest BCUT2D eigenvalue weighted by molar-refractivity contribution is 4.55. The van der Waals surface area contributed by atoms with Gasteiger partial charge in [-0.2, -0.15) is 0 Å². The fourth-order valence-electron chi connectivity index (χ4n) is 2.00. The average Bonchev–Trinajstić information content (AvgIpc) is 2.35. The molecule has 0 aliphatic rings. The van der Waals surface area contributed by atoms with Crippen LogP contribution in [0.25, 0.3) is 0 Å². The van der Waals surface area contributed by atoms with Crippen molar-refractivity contribution < 1.29 is 5.11 Å². The van der Waals surface area contributed by atoms with Gasteiger partial charge in [-0.1, -0.05) is 52.4 Å². The Balaban J connectivity index is 2.94. The molecule has 0 aromatic carbocycles. The zero-order valence-electron chi connectivity index (χ0n) is 12.0.